The van der Waals surface area contributed by atoms with Crippen LogP contribution in [0.4, 0.5) is 0 Å². The van der Waals surface area contributed by atoms with Crippen molar-refractivity contribution in [2.75, 3.05) is 0 Å². The van der Waals surface area contributed by atoms with Gasteiger partial charge in [-0.15, -0.1) is 0 Å². The van der Waals surface area contributed by atoms with Gasteiger partial charge in [-0.1, -0.05) is 43.5 Å². The molecule has 2 aromatic heterocycles. The van der Waals surface area contributed by atoms with Crippen molar-refractivity contribution in [2.45, 2.75) is 70.6 Å². The smallest absolute Gasteiger partial charge is 0.271 e. The monoisotopic (exact) mass is 419 g/mol. The largest absolute Gasteiger partial charge is 0.463 e. The Labute approximate surface area is 182 Å². The highest BCUT2D eigenvalue weighted by atomic mass is 16.3. The van der Waals surface area contributed by atoms with Crippen molar-refractivity contribution in [1.29, 1.82) is 0 Å². The number of carbonyl (C=O) groups is 2. The normalized spacial score (nSPS) is 22.0. The third kappa shape index (κ3) is 3.34. The van der Waals surface area contributed by atoms with Gasteiger partial charge in [-0.3, -0.25) is 9.59 Å². The topological polar surface area (TPSA) is 67.5 Å². The van der Waals surface area contributed by atoms with E-state index in [4.69, 9.17) is 4.42 Å². The Morgan fingerprint density at radius 3 is 2.74 bits per heavy atom. The van der Waals surface area contributed by atoms with Gasteiger partial charge in [0.25, 0.3) is 5.91 Å². The maximum Gasteiger partial charge on any atom is 0.271 e. The minimum atomic E-state index is -0.993. The summed E-state index contributed by atoms with van der Waals surface area (Å²) >= 11 is 0. The number of aromatic nitrogens is 1. The van der Waals surface area contributed by atoms with Gasteiger partial charge in [0, 0.05) is 24.7 Å². The second-order valence-corrected chi connectivity index (χ2v) is 9.19. The molecule has 0 saturated heterocycles. The Bertz CT molecular complexity index is 1140. The van der Waals surface area contributed by atoms with E-state index in [2.05, 4.69) is 5.32 Å². The van der Waals surface area contributed by atoms with Crippen LogP contribution in [0.15, 0.2) is 47.1 Å². The van der Waals surface area contributed by atoms with Crippen LogP contribution in [0.2, 0.25) is 0 Å². The van der Waals surface area contributed by atoms with Crippen LogP contribution in [0.25, 0.3) is 11.1 Å². The van der Waals surface area contributed by atoms with E-state index in [9.17, 15) is 9.59 Å². The van der Waals surface area contributed by atoms with E-state index in [1.807, 2.05) is 48.7 Å². The van der Waals surface area contributed by atoms with Gasteiger partial charge in [-0.25, -0.2) is 0 Å². The molecule has 1 N–H and O–H groups in total. The number of hydrogen-bond acceptors (Lipinski definition) is 3. The maximum atomic E-state index is 13.7. The van der Waals surface area contributed by atoms with E-state index < -0.39 is 5.54 Å². The summed E-state index contributed by atoms with van der Waals surface area (Å²) in [6.07, 6.45) is 7.16. The summed E-state index contributed by atoms with van der Waals surface area (Å²) in [6, 6.07) is 11.9. The molecule has 3 heterocycles. The number of benzene rings is 1. The highest BCUT2D eigenvalue weighted by molar-refractivity contribution is 6.02. The van der Waals surface area contributed by atoms with Crippen LogP contribution in [0.1, 0.15) is 60.6 Å². The van der Waals surface area contributed by atoms with Crippen molar-refractivity contribution >= 4 is 22.9 Å². The Morgan fingerprint density at radius 2 is 1.97 bits per heavy atom. The molecule has 6 nitrogen and oxygen atoms in total. The first-order chi connectivity index (χ1) is 15.0. The molecular weight excluding hydrogens is 390 g/mol. The number of rotatable bonds is 4. The molecule has 1 aliphatic heterocycles. The standard InChI is InChI=1S/C25H29N3O3/c1-17-8-6-7-9-18(17)15-28-23(29)21-14-22-20(12-13-31-22)27(21)16-25(28,2)24(30)26-19-10-4-3-5-11-19/h6-9,12-14,19H,3-5,10-11,15-16H2,1-2H3,(H,26,30)/t25-/m1/s1. The molecule has 3 aromatic rings. The first-order valence-electron chi connectivity index (χ1n) is 11.2. The molecule has 2 amide bonds. The van der Waals surface area contributed by atoms with Crippen LogP contribution in [0.3, 0.4) is 0 Å². The van der Waals surface area contributed by atoms with Crippen LogP contribution >= 0.6 is 0 Å². The zero-order valence-corrected chi connectivity index (χ0v) is 18.2. The molecule has 0 radical (unpaired) electrons. The Kier molecular flexibility index (Phi) is 4.88. The van der Waals surface area contributed by atoms with Gasteiger partial charge in [-0.05, 0) is 37.8 Å². The predicted octanol–water partition coefficient (Wildman–Crippen LogP) is 4.41. The van der Waals surface area contributed by atoms with Crippen LogP contribution in [0, 0.1) is 6.92 Å². The lowest BCUT2D eigenvalue weighted by atomic mass is 9.90. The SMILES string of the molecule is Cc1ccccc1CN1C(=O)c2cc3occc3n2C[C@]1(C)C(=O)NC1CCCCC1. The van der Waals surface area contributed by atoms with Crippen molar-refractivity contribution in [1.82, 2.24) is 14.8 Å². The van der Waals surface area contributed by atoms with E-state index in [1.54, 1.807) is 17.2 Å². The molecule has 162 valence electrons. The summed E-state index contributed by atoms with van der Waals surface area (Å²) in [5, 5.41) is 3.28. The van der Waals surface area contributed by atoms with Gasteiger partial charge in [0.2, 0.25) is 5.91 Å². The Hall–Kier alpha value is -3.02. The number of carbonyl (C=O) groups excluding carboxylic acids is 2. The van der Waals surface area contributed by atoms with Gasteiger partial charge < -0.3 is 19.2 Å². The molecule has 0 unspecified atom stereocenters. The number of nitrogens with zero attached hydrogens (tertiary/aromatic N) is 2. The molecule has 1 aromatic carbocycles. The van der Waals surface area contributed by atoms with Crippen molar-refractivity contribution in [2.24, 2.45) is 0 Å². The number of fused-ring (bicyclic) bond motifs is 3. The molecule has 2 aliphatic rings. The molecule has 31 heavy (non-hydrogen) atoms. The minimum Gasteiger partial charge on any atom is -0.463 e. The van der Waals surface area contributed by atoms with Crippen LogP contribution in [-0.2, 0) is 17.9 Å². The number of aryl methyl sites for hydroxylation is 1. The molecule has 1 fully saturated rings. The van der Waals surface area contributed by atoms with Crippen LogP contribution in [0.5, 0.6) is 0 Å². The zero-order valence-electron chi connectivity index (χ0n) is 18.2. The van der Waals surface area contributed by atoms with Crippen LogP contribution < -0.4 is 5.32 Å². The molecule has 0 spiro atoms. The number of amides is 2. The molecule has 1 atom stereocenters. The number of nitrogens with one attached hydrogen (secondary N) is 1. The zero-order chi connectivity index (χ0) is 21.6. The van der Waals surface area contributed by atoms with Gasteiger partial charge in [-0.2, -0.15) is 0 Å². The van der Waals surface area contributed by atoms with E-state index in [0.29, 0.717) is 24.4 Å². The van der Waals surface area contributed by atoms with E-state index >= 15 is 0 Å². The molecule has 1 aliphatic carbocycles. The first kappa shape index (κ1) is 19.9. The molecule has 0 bridgehead atoms. The van der Waals surface area contributed by atoms with Gasteiger partial charge >= 0.3 is 0 Å². The molecular formula is C25H29N3O3. The van der Waals surface area contributed by atoms with Gasteiger partial charge in [0.15, 0.2) is 5.58 Å². The van der Waals surface area contributed by atoms with Gasteiger partial charge in [0.05, 0.1) is 18.3 Å². The molecule has 5 rings (SSSR count). The van der Waals surface area contributed by atoms with Crippen molar-refractivity contribution in [3.8, 4) is 0 Å². The Morgan fingerprint density at radius 1 is 1.19 bits per heavy atom. The average Bonchev–Trinajstić information content (AvgIpc) is 3.35. The maximum absolute atomic E-state index is 13.7. The summed E-state index contributed by atoms with van der Waals surface area (Å²) in [4.78, 5) is 29.1. The number of hydrogen-bond donors (Lipinski definition) is 1. The summed E-state index contributed by atoms with van der Waals surface area (Å²) in [6.45, 7) is 4.74. The summed E-state index contributed by atoms with van der Waals surface area (Å²) < 4.78 is 7.49. The lowest BCUT2D eigenvalue weighted by molar-refractivity contribution is -0.134. The highest BCUT2D eigenvalue weighted by Crippen LogP contribution is 2.34. The van der Waals surface area contributed by atoms with Gasteiger partial charge in [0.1, 0.15) is 11.2 Å². The van der Waals surface area contributed by atoms with E-state index in [0.717, 1.165) is 42.3 Å². The van der Waals surface area contributed by atoms with Crippen molar-refractivity contribution in [3.05, 3.63) is 59.5 Å². The summed E-state index contributed by atoms with van der Waals surface area (Å²) in [5.74, 6) is -0.209. The fourth-order valence-electron chi connectivity index (χ4n) is 5.07. The fraction of sp³-hybridized carbons (Fsp3) is 0.440. The van der Waals surface area contributed by atoms with Crippen molar-refractivity contribution < 1.29 is 14.0 Å². The first-order valence-corrected chi connectivity index (χ1v) is 11.2. The lowest BCUT2D eigenvalue weighted by Gasteiger charge is -2.45. The lowest BCUT2D eigenvalue weighted by Crippen LogP contribution is -2.64. The van der Waals surface area contributed by atoms with Crippen LogP contribution in [-0.4, -0.2) is 32.9 Å². The second kappa shape index (κ2) is 7.59. The average molecular weight is 420 g/mol. The van der Waals surface area contributed by atoms with Crippen molar-refractivity contribution in [3.63, 3.8) is 0 Å². The predicted molar refractivity (Wildman–Crippen MR) is 119 cm³/mol. The fourth-order valence-corrected chi connectivity index (χ4v) is 5.07. The number of furan rings is 1. The van der Waals surface area contributed by atoms with E-state index in [1.165, 1.54) is 6.42 Å². The third-order valence-electron chi connectivity index (χ3n) is 7.07. The third-order valence-corrected chi connectivity index (χ3v) is 7.07. The summed E-state index contributed by atoms with van der Waals surface area (Å²) in [5.41, 5.74) is 3.28. The Balaban J connectivity index is 1.54. The molecule has 1 saturated carbocycles. The van der Waals surface area contributed by atoms with E-state index in [-0.39, 0.29) is 17.9 Å². The minimum absolute atomic E-state index is 0.0719. The second-order valence-electron chi connectivity index (χ2n) is 9.19. The quantitative estimate of drug-likeness (QED) is 0.681. The molecule has 6 heteroatoms. The summed E-state index contributed by atoms with van der Waals surface area (Å²) in [7, 11) is 0. The highest BCUT2D eigenvalue weighted by Gasteiger charge is 2.48.